The molecule has 0 fully saturated rings. The van der Waals surface area contributed by atoms with Gasteiger partial charge in [-0.1, -0.05) is 0 Å². The van der Waals surface area contributed by atoms with Gasteiger partial charge < -0.3 is 15.3 Å². The monoisotopic (exact) mass is 282 g/mol. The van der Waals surface area contributed by atoms with Crippen LogP contribution in [0.15, 0.2) is 6.20 Å². The number of hydrogen-bond donors (Lipinski definition) is 2. The van der Waals surface area contributed by atoms with E-state index in [2.05, 4.69) is 10.4 Å². The minimum atomic E-state index is -0.911. The van der Waals surface area contributed by atoms with E-state index in [1.807, 2.05) is 27.8 Å². The van der Waals surface area contributed by atoms with Crippen molar-refractivity contribution in [1.82, 2.24) is 20.0 Å². The lowest BCUT2D eigenvalue weighted by Gasteiger charge is -2.26. The maximum atomic E-state index is 12.1. The number of aromatic nitrogens is 2. The van der Waals surface area contributed by atoms with E-state index in [0.29, 0.717) is 6.54 Å². The fraction of sp³-hybridized carbons (Fsp3) is 0.615. The van der Waals surface area contributed by atoms with Crippen LogP contribution in [0.5, 0.6) is 0 Å². The second kappa shape index (κ2) is 6.93. The molecule has 112 valence electrons. The van der Waals surface area contributed by atoms with E-state index in [4.69, 9.17) is 5.11 Å². The number of hydrogen-bond acceptors (Lipinski definition) is 3. The molecular weight excluding hydrogens is 260 g/mol. The number of aliphatic carboxylic acids is 1. The van der Waals surface area contributed by atoms with E-state index in [0.717, 1.165) is 11.3 Å². The Kier molecular flexibility index (Phi) is 5.54. The molecule has 0 atom stereocenters. The summed E-state index contributed by atoms with van der Waals surface area (Å²) in [6.07, 6.45) is 1.66. The molecule has 0 radical (unpaired) electrons. The number of carboxylic acid groups (broad SMARTS) is 1. The highest BCUT2D eigenvalue weighted by Gasteiger charge is 2.18. The number of nitrogens with one attached hydrogen (secondary N) is 1. The van der Waals surface area contributed by atoms with Crippen molar-refractivity contribution < 1.29 is 14.7 Å². The topological polar surface area (TPSA) is 87.5 Å². The van der Waals surface area contributed by atoms with Gasteiger partial charge in [-0.2, -0.15) is 5.10 Å². The second-order valence-electron chi connectivity index (χ2n) is 4.97. The Balaban J connectivity index is 2.58. The van der Waals surface area contributed by atoms with Crippen LogP contribution in [0.3, 0.4) is 0 Å². The molecule has 7 heteroatoms. The van der Waals surface area contributed by atoms with Gasteiger partial charge in [0.1, 0.15) is 0 Å². The van der Waals surface area contributed by atoms with Crippen LogP contribution in [0.4, 0.5) is 4.79 Å². The molecule has 1 rings (SSSR count). The molecule has 1 aromatic rings. The second-order valence-corrected chi connectivity index (χ2v) is 4.97. The zero-order chi connectivity index (χ0) is 15.3. The number of amides is 2. The highest BCUT2D eigenvalue weighted by molar-refractivity contribution is 5.75. The first-order valence-electron chi connectivity index (χ1n) is 6.56. The van der Waals surface area contributed by atoms with Gasteiger partial charge in [-0.05, 0) is 20.8 Å². The molecule has 0 unspecified atom stereocenters. The first kappa shape index (κ1) is 16.0. The van der Waals surface area contributed by atoms with E-state index >= 15 is 0 Å². The Labute approximate surface area is 118 Å². The fourth-order valence-corrected chi connectivity index (χ4v) is 1.80. The standard InChI is InChI=1S/C13H22N4O3/c1-9(2)17(6-5-12(18)19)13(20)14-7-11-8-15-16(4)10(11)3/h8-9H,5-7H2,1-4H3,(H,14,20)(H,18,19). The molecule has 7 nitrogen and oxygen atoms in total. The van der Waals surface area contributed by atoms with E-state index in [9.17, 15) is 9.59 Å². The normalized spacial score (nSPS) is 10.7. The average molecular weight is 282 g/mol. The number of urea groups is 1. The van der Waals surface area contributed by atoms with Crippen molar-refractivity contribution >= 4 is 12.0 Å². The summed E-state index contributed by atoms with van der Waals surface area (Å²) in [7, 11) is 1.84. The number of carbonyl (C=O) groups excluding carboxylic acids is 1. The minimum absolute atomic E-state index is 0.0515. The minimum Gasteiger partial charge on any atom is -0.481 e. The summed E-state index contributed by atoms with van der Waals surface area (Å²) in [6.45, 7) is 6.23. The van der Waals surface area contributed by atoms with E-state index < -0.39 is 5.97 Å². The molecule has 0 saturated heterocycles. The van der Waals surface area contributed by atoms with Gasteiger partial charge in [0.2, 0.25) is 0 Å². The summed E-state index contributed by atoms with van der Waals surface area (Å²) >= 11 is 0. The van der Waals surface area contributed by atoms with Gasteiger partial charge in [0.05, 0.1) is 12.6 Å². The van der Waals surface area contributed by atoms with Crippen molar-refractivity contribution in [3.05, 3.63) is 17.5 Å². The van der Waals surface area contributed by atoms with Crippen LogP contribution in [0, 0.1) is 6.92 Å². The van der Waals surface area contributed by atoms with Crippen molar-refractivity contribution in [2.45, 2.75) is 39.8 Å². The van der Waals surface area contributed by atoms with E-state index in [1.54, 1.807) is 10.9 Å². The van der Waals surface area contributed by atoms with E-state index in [1.165, 1.54) is 4.90 Å². The van der Waals surface area contributed by atoms with Crippen LogP contribution in [0.25, 0.3) is 0 Å². The molecule has 0 saturated carbocycles. The number of nitrogens with zero attached hydrogens (tertiary/aromatic N) is 3. The average Bonchev–Trinajstić information content (AvgIpc) is 2.67. The van der Waals surface area contributed by atoms with E-state index in [-0.39, 0.29) is 25.0 Å². The summed E-state index contributed by atoms with van der Waals surface area (Å²) in [4.78, 5) is 24.2. The molecule has 2 amide bonds. The number of carbonyl (C=O) groups is 2. The number of carboxylic acids is 1. The molecule has 0 bridgehead atoms. The van der Waals surface area contributed by atoms with Crippen molar-refractivity contribution in [2.75, 3.05) is 6.54 Å². The lowest BCUT2D eigenvalue weighted by Crippen LogP contribution is -2.44. The van der Waals surface area contributed by atoms with Crippen molar-refractivity contribution in [3.8, 4) is 0 Å². The Bertz CT molecular complexity index is 482. The molecule has 1 heterocycles. The first-order chi connectivity index (χ1) is 9.32. The highest BCUT2D eigenvalue weighted by atomic mass is 16.4. The van der Waals surface area contributed by atoms with Gasteiger partial charge in [-0.3, -0.25) is 9.48 Å². The molecule has 0 spiro atoms. The summed E-state index contributed by atoms with van der Waals surface area (Å²) in [5.41, 5.74) is 1.94. The zero-order valence-corrected chi connectivity index (χ0v) is 12.4. The third-order valence-electron chi connectivity index (χ3n) is 3.22. The highest BCUT2D eigenvalue weighted by Crippen LogP contribution is 2.06. The molecule has 2 N–H and O–H groups in total. The predicted octanol–water partition coefficient (Wildman–Crippen LogP) is 1.12. The number of rotatable bonds is 6. The van der Waals surface area contributed by atoms with Gasteiger partial charge in [-0.25, -0.2) is 4.79 Å². The molecule has 20 heavy (non-hydrogen) atoms. The van der Waals surface area contributed by atoms with Crippen LogP contribution in [0.1, 0.15) is 31.5 Å². The SMILES string of the molecule is Cc1c(CNC(=O)N(CCC(=O)O)C(C)C)cnn1C. The maximum absolute atomic E-state index is 12.1. The number of aryl methyl sites for hydroxylation is 1. The third kappa shape index (κ3) is 4.25. The Hall–Kier alpha value is -2.05. The molecular formula is C13H22N4O3. The smallest absolute Gasteiger partial charge is 0.317 e. The van der Waals surface area contributed by atoms with Crippen LogP contribution in [-0.2, 0) is 18.4 Å². The third-order valence-corrected chi connectivity index (χ3v) is 3.22. The van der Waals surface area contributed by atoms with Crippen molar-refractivity contribution in [2.24, 2.45) is 7.05 Å². The molecule has 0 aliphatic carbocycles. The summed E-state index contributed by atoms with van der Waals surface area (Å²) in [5.74, 6) is -0.911. The van der Waals surface area contributed by atoms with Gasteiger partial charge in [0, 0.05) is 37.4 Å². The lowest BCUT2D eigenvalue weighted by atomic mass is 10.2. The Morgan fingerprint density at radius 3 is 2.60 bits per heavy atom. The van der Waals surface area contributed by atoms with Gasteiger partial charge in [0.25, 0.3) is 0 Å². The van der Waals surface area contributed by atoms with Crippen molar-refractivity contribution in [3.63, 3.8) is 0 Å². The quantitative estimate of drug-likeness (QED) is 0.818. The lowest BCUT2D eigenvalue weighted by molar-refractivity contribution is -0.137. The van der Waals surface area contributed by atoms with Crippen LogP contribution in [0.2, 0.25) is 0 Å². The Morgan fingerprint density at radius 2 is 2.15 bits per heavy atom. The fourth-order valence-electron chi connectivity index (χ4n) is 1.80. The molecule has 0 aliphatic heterocycles. The first-order valence-corrected chi connectivity index (χ1v) is 6.56. The van der Waals surface area contributed by atoms with Crippen LogP contribution >= 0.6 is 0 Å². The molecule has 0 aromatic carbocycles. The Morgan fingerprint density at radius 1 is 1.50 bits per heavy atom. The predicted molar refractivity (Wildman–Crippen MR) is 74.3 cm³/mol. The van der Waals surface area contributed by atoms with Crippen molar-refractivity contribution in [1.29, 1.82) is 0 Å². The zero-order valence-electron chi connectivity index (χ0n) is 12.4. The summed E-state index contributed by atoms with van der Waals surface area (Å²) < 4.78 is 1.74. The largest absolute Gasteiger partial charge is 0.481 e. The van der Waals surface area contributed by atoms with Crippen LogP contribution in [-0.4, -0.2) is 44.4 Å². The molecule has 0 aliphatic rings. The van der Waals surface area contributed by atoms with Gasteiger partial charge >= 0.3 is 12.0 Å². The van der Waals surface area contributed by atoms with Gasteiger partial charge in [0.15, 0.2) is 0 Å². The summed E-state index contributed by atoms with van der Waals surface area (Å²) in [5, 5.41) is 15.6. The summed E-state index contributed by atoms with van der Waals surface area (Å²) in [6, 6.07) is -0.311. The maximum Gasteiger partial charge on any atom is 0.317 e. The molecule has 1 aromatic heterocycles. The van der Waals surface area contributed by atoms with Gasteiger partial charge in [-0.15, -0.1) is 0 Å². The van der Waals surface area contributed by atoms with Crippen LogP contribution < -0.4 is 5.32 Å².